The molecule has 0 fully saturated rings. The summed E-state index contributed by atoms with van der Waals surface area (Å²) in [4.78, 5) is 0. The Morgan fingerprint density at radius 1 is 1.25 bits per heavy atom. The van der Waals surface area contributed by atoms with E-state index in [0.717, 1.165) is 5.56 Å². The molecule has 90 valence electrons. The van der Waals surface area contributed by atoms with Gasteiger partial charge >= 0.3 is 0 Å². The Labute approximate surface area is 97.8 Å². The highest BCUT2D eigenvalue weighted by Gasteiger charge is 2.27. The molecule has 0 aliphatic carbocycles. The molecule has 0 aliphatic heterocycles. The van der Waals surface area contributed by atoms with Crippen LogP contribution in [0.2, 0.25) is 0 Å². The molecule has 2 unspecified atom stereocenters. The van der Waals surface area contributed by atoms with E-state index in [1.54, 1.807) is 20.9 Å². The van der Waals surface area contributed by atoms with E-state index in [1.807, 2.05) is 30.3 Å². The van der Waals surface area contributed by atoms with E-state index in [1.165, 1.54) is 0 Å². The van der Waals surface area contributed by atoms with Gasteiger partial charge in [-0.25, -0.2) is 8.42 Å². The lowest BCUT2D eigenvalue weighted by molar-refractivity contribution is 0.531. The average molecular weight is 241 g/mol. The lowest BCUT2D eigenvalue weighted by Gasteiger charge is -2.23. The number of nitrogens with one attached hydrogen (secondary N) is 1. The molecule has 0 aliphatic rings. The standard InChI is InChI=1S/C12H19NO2S/c1-4-16(14,15)10(2)12(13-3)11-8-6-5-7-9-11/h5-10,12-13H,4H2,1-3H3. The number of sulfone groups is 1. The van der Waals surface area contributed by atoms with Crippen LogP contribution in [-0.4, -0.2) is 26.5 Å². The Bertz CT molecular complexity index is 414. The summed E-state index contributed by atoms with van der Waals surface area (Å²) in [5.74, 6) is 0.180. The van der Waals surface area contributed by atoms with Gasteiger partial charge < -0.3 is 5.32 Å². The normalized spacial score (nSPS) is 15.7. The van der Waals surface area contributed by atoms with E-state index in [4.69, 9.17) is 0 Å². The third-order valence-corrected chi connectivity index (χ3v) is 5.12. The maximum Gasteiger partial charge on any atom is 0.154 e. The van der Waals surface area contributed by atoms with Crippen LogP contribution in [0.1, 0.15) is 25.5 Å². The van der Waals surface area contributed by atoms with Crippen molar-refractivity contribution in [3.8, 4) is 0 Å². The summed E-state index contributed by atoms with van der Waals surface area (Å²) in [6, 6.07) is 9.52. The SMILES string of the molecule is CCS(=O)(=O)C(C)C(NC)c1ccccc1. The van der Waals surface area contributed by atoms with Crippen molar-refractivity contribution in [1.82, 2.24) is 5.32 Å². The molecule has 0 saturated carbocycles. The van der Waals surface area contributed by atoms with Gasteiger partial charge in [0.25, 0.3) is 0 Å². The summed E-state index contributed by atoms with van der Waals surface area (Å²) in [6.07, 6.45) is 0. The van der Waals surface area contributed by atoms with Gasteiger partial charge in [0.1, 0.15) is 0 Å². The van der Waals surface area contributed by atoms with Gasteiger partial charge in [-0.1, -0.05) is 37.3 Å². The van der Waals surface area contributed by atoms with E-state index in [2.05, 4.69) is 5.32 Å². The zero-order valence-electron chi connectivity index (χ0n) is 9.97. The summed E-state index contributed by atoms with van der Waals surface area (Å²) in [5.41, 5.74) is 1.01. The number of rotatable bonds is 5. The Kier molecular flexibility index (Phi) is 4.50. The van der Waals surface area contributed by atoms with E-state index in [-0.39, 0.29) is 11.8 Å². The highest BCUT2D eigenvalue weighted by atomic mass is 32.2. The second-order valence-electron chi connectivity index (χ2n) is 3.83. The van der Waals surface area contributed by atoms with Crippen molar-refractivity contribution < 1.29 is 8.42 Å². The summed E-state index contributed by atoms with van der Waals surface area (Å²) in [7, 11) is -1.23. The topological polar surface area (TPSA) is 46.2 Å². The van der Waals surface area contributed by atoms with Crippen molar-refractivity contribution in [2.24, 2.45) is 0 Å². The van der Waals surface area contributed by atoms with Crippen LogP contribution in [0.15, 0.2) is 30.3 Å². The van der Waals surface area contributed by atoms with Crippen molar-refractivity contribution in [2.75, 3.05) is 12.8 Å². The molecule has 0 aromatic heterocycles. The van der Waals surface area contributed by atoms with Gasteiger partial charge in [-0.05, 0) is 19.5 Å². The second-order valence-corrected chi connectivity index (χ2v) is 6.48. The maximum atomic E-state index is 11.8. The molecule has 1 rings (SSSR count). The van der Waals surface area contributed by atoms with Crippen molar-refractivity contribution in [3.05, 3.63) is 35.9 Å². The lowest BCUT2D eigenvalue weighted by Crippen LogP contribution is -2.34. The summed E-state index contributed by atoms with van der Waals surface area (Å²) in [5, 5.41) is 2.67. The van der Waals surface area contributed by atoms with Gasteiger partial charge in [-0.3, -0.25) is 0 Å². The molecule has 0 heterocycles. The van der Waals surface area contributed by atoms with Gasteiger partial charge in [-0.15, -0.1) is 0 Å². The van der Waals surface area contributed by atoms with Crippen LogP contribution in [0.3, 0.4) is 0 Å². The minimum absolute atomic E-state index is 0.147. The molecule has 1 aromatic carbocycles. The van der Waals surface area contributed by atoms with E-state index < -0.39 is 15.1 Å². The fraction of sp³-hybridized carbons (Fsp3) is 0.500. The van der Waals surface area contributed by atoms with Crippen LogP contribution in [-0.2, 0) is 9.84 Å². The molecular formula is C12H19NO2S. The van der Waals surface area contributed by atoms with Crippen LogP contribution in [0.5, 0.6) is 0 Å². The van der Waals surface area contributed by atoms with Crippen molar-refractivity contribution in [2.45, 2.75) is 25.1 Å². The molecule has 4 heteroatoms. The molecule has 0 radical (unpaired) electrons. The number of hydrogen-bond acceptors (Lipinski definition) is 3. The average Bonchev–Trinajstić information content (AvgIpc) is 2.31. The second kappa shape index (κ2) is 5.46. The smallest absolute Gasteiger partial charge is 0.154 e. The summed E-state index contributed by atoms with van der Waals surface area (Å²) >= 11 is 0. The Hall–Kier alpha value is -0.870. The molecule has 0 spiro atoms. The largest absolute Gasteiger partial charge is 0.312 e. The zero-order chi connectivity index (χ0) is 12.2. The quantitative estimate of drug-likeness (QED) is 0.854. The minimum atomic E-state index is -3.02. The first-order chi connectivity index (χ1) is 7.53. The van der Waals surface area contributed by atoms with E-state index in [0.29, 0.717) is 0 Å². The Morgan fingerprint density at radius 3 is 2.25 bits per heavy atom. The number of hydrogen-bond donors (Lipinski definition) is 1. The maximum absolute atomic E-state index is 11.8. The third-order valence-electron chi connectivity index (χ3n) is 2.91. The molecule has 0 bridgehead atoms. The van der Waals surface area contributed by atoms with Crippen molar-refractivity contribution in [3.63, 3.8) is 0 Å². The van der Waals surface area contributed by atoms with Gasteiger partial charge in [0.2, 0.25) is 0 Å². The summed E-state index contributed by atoms with van der Waals surface area (Å²) in [6.45, 7) is 3.44. The van der Waals surface area contributed by atoms with E-state index in [9.17, 15) is 8.42 Å². The molecular weight excluding hydrogens is 222 g/mol. The van der Waals surface area contributed by atoms with E-state index >= 15 is 0 Å². The first-order valence-corrected chi connectivity index (χ1v) is 7.18. The predicted molar refractivity (Wildman–Crippen MR) is 67.2 cm³/mol. The first-order valence-electron chi connectivity index (χ1n) is 5.46. The predicted octanol–water partition coefficient (Wildman–Crippen LogP) is 1.77. The van der Waals surface area contributed by atoms with Gasteiger partial charge in [0, 0.05) is 11.8 Å². The molecule has 16 heavy (non-hydrogen) atoms. The molecule has 0 saturated heterocycles. The van der Waals surface area contributed by atoms with Gasteiger partial charge in [0.05, 0.1) is 5.25 Å². The highest BCUT2D eigenvalue weighted by molar-refractivity contribution is 7.92. The highest BCUT2D eigenvalue weighted by Crippen LogP contribution is 2.21. The molecule has 1 aromatic rings. The fourth-order valence-electron chi connectivity index (χ4n) is 1.80. The van der Waals surface area contributed by atoms with Crippen LogP contribution in [0, 0.1) is 0 Å². The number of benzene rings is 1. The van der Waals surface area contributed by atoms with Gasteiger partial charge in [0.15, 0.2) is 9.84 Å². The Morgan fingerprint density at radius 2 is 1.81 bits per heavy atom. The van der Waals surface area contributed by atoms with Gasteiger partial charge in [-0.2, -0.15) is 0 Å². The van der Waals surface area contributed by atoms with Crippen molar-refractivity contribution >= 4 is 9.84 Å². The van der Waals surface area contributed by atoms with Crippen LogP contribution >= 0.6 is 0 Å². The third kappa shape index (κ3) is 2.83. The molecule has 0 amide bonds. The van der Waals surface area contributed by atoms with Crippen LogP contribution in [0.25, 0.3) is 0 Å². The minimum Gasteiger partial charge on any atom is -0.312 e. The monoisotopic (exact) mass is 241 g/mol. The molecule has 3 nitrogen and oxygen atoms in total. The molecule has 1 N–H and O–H groups in total. The van der Waals surface area contributed by atoms with Crippen molar-refractivity contribution in [1.29, 1.82) is 0 Å². The lowest BCUT2D eigenvalue weighted by atomic mass is 10.0. The Balaban J connectivity index is 3.01. The first kappa shape index (κ1) is 13.2. The fourth-order valence-corrected chi connectivity index (χ4v) is 3.04. The van der Waals surface area contributed by atoms with Crippen LogP contribution < -0.4 is 5.32 Å². The molecule has 2 atom stereocenters. The summed E-state index contributed by atoms with van der Waals surface area (Å²) < 4.78 is 23.7. The zero-order valence-corrected chi connectivity index (χ0v) is 10.8. The van der Waals surface area contributed by atoms with Crippen LogP contribution in [0.4, 0.5) is 0 Å².